The maximum Gasteiger partial charge on any atom is 0.412 e. The van der Waals surface area contributed by atoms with E-state index in [1.54, 1.807) is 0 Å². The number of ether oxygens (including phenoxy) is 2. The summed E-state index contributed by atoms with van der Waals surface area (Å²) in [5, 5.41) is 0. The highest BCUT2D eigenvalue weighted by Crippen LogP contribution is 2.52. The maximum absolute atomic E-state index is 13.4. The van der Waals surface area contributed by atoms with Gasteiger partial charge in [0.05, 0.1) is 18.8 Å². The molecule has 1 spiro atoms. The first-order valence-corrected chi connectivity index (χ1v) is 6.93. The largest absolute Gasteiger partial charge is 0.412 e. The van der Waals surface area contributed by atoms with E-state index >= 15 is 0 Å². The predicted octanol–water partition coefficient (Wildman–Crippen LogP) is 2.74. The van der Waals surface area contributed by atoms with Crippen molar-refractivity contribution in [1.29, 1.82) is 0 Å². The fraction of sp³-hybridized carbons (Fsp3) is 0.786. The number of hydrogen-bond acceptors (Lipinski definition) is 3. The summed E-state index contributed by atoms with van der Waals surface area (Å²) < 4.78 is 61.3. The van der Waals surface area contributed by atoms with E-state index < -0.39 is 29.3 Å². The van der Waals surface area contributed by atoms with Crippen molar-refractivity contribution in [2.75, 3.05) is 6.61 Å². The lowest BCUT2D eigenvalue weighted by Gasteiger charge is -2.28. The molecule has 0 radical (unpaired) electrons. The van der Waals surface area contributed by atoms with E-state index in [9.17, 15) is 22.4 Å². The molecule has 0 amide bonds. The van der Waals surface area contributed by atoms with Crippen molar-refractivity contribution in [3.63, 3.8) is 0 Å². The molecule has 1 unspecified atom stereocenters. The first-order valence-electron chi connectivity index (χ1n) is 6.93. The molecule has 7 heteroatoms. The third-order valence-corrected chi connectivity index (χ3v) is 4.61. The monoisotopic (exact) mass is 308 g/mol. The Morgan fingerprint density at radius 2 is 2.14 bits per heavy atom. The van der Waals surface area contributed by atoms with Crippen LogP contribution >= 0.6 is 0 Å². The molecule has 1 aliphatic carbocycles. The Bertz CT molecular complexity index is 481. The van der Waals surface area contributed by atoms with E-state index in [1.807, 2.05) is 0 Å². The van der Waals surface area contributed by atoms with E-state index in [0.29, 0.717) is 6.61 Å². The summed E-state index contributed by atoms with van der Waals surface area (Å²) >= 11 is 0. The molecule has 118 valence electrons. The molecular weight excluding hydrogens is 292 g/mol. The van der Waals surface area contributed by atoms with Crippen LogP contribution in [0.15, 0.2) is 11.6 Å². The van der Waals surface area contributed by atoms with Gasteiger partial charge in [0.25, 0.3) is 0 Å². The standard InChI is InChI=1S/C14H16F4O3/c1-7(14(16,17)18)2-3-11-12(21-11)8-4-10(19)9(15)5-13(8)6-20-13/h2,8-9,11-12H,3-6H2,1H3/b7-2+/t8?,9-,11-,12-,13+/m1/s1. The van der Waals surface area contributed by atoms with Gasteiger partial charge in [0.2, 0.25) is 0 Å². The van der Waals surface area contributed by atoms with Gasteiger partial charge in [0.15, 0.2) is 12.0 Å². The van der Waals surface area contributed by atoms with E-state index in [-0.39, 0.29) is 37.4 Å². The molecule has 2 saturated heterocycles. The van der Waals surface area contributed by atoms with Crippen molar-refractivity contribution in [3.05, 3.63) is 11.6 Å². The van der Waals surface area contributed by atoms with Gasteiger partial charge in [-0.2, -0.15) is 13.2 Å². The molecule has 3 aliphatic rings. The quantitative estimate of drug-likeness (QED) is 0.457. The van der Waals surface area contributed by atoms with Crippen LogP contribution in [0, 0.1) is 5.92 Å². The number of allylic oxidation sites excluding steroid dienone is 1. The summed E-state index contributed by atoms with van der Waals surface area (Å²) in [5.41, 5.74) is -1.28. The molecule has 5 atom stereocenters. The van der Waals surface area contributed by atoms with Crippen LogP contribution < -0.4 is 0 Å². The fourth-order valence-electron chi connectivity index (χ4n) is 3.05. The van der Waals surface area contributed by atoms with Gasteiger partial charge < -0.3 is 9.47 Å². The Labute approximate surface area is 119 Å². The van der Waals surface area contributed by atoms with Crippen LogP contribution in [-0.4, -0.2) is 42.5 Å². The molecule has 0 bridgehead atoms. The van der Waals surface area contributed by atoms with Gasteiger partial charge in [-0.1, -0.05) is 6.08 Å². The Balaban J connectivity index is 1.59. The minimum Gasteiger partial charge on any atom is -0.369 e. The highest BCUT2D eigenvalue weighted by Gasteiger charge is 2.64. The highest BCUT2D eigenvalue weighted by atomic mass is 19.4. The van der Waals surface area contributed by atoms with E-state index in [4.69, 9.17) is 9.47 Å². The summed E-state index contributed by atoms with van der Waals surface area (Å²) in [7, 11) is 0. The molecule has 0 aromatic heterocycles. The first kappa shape index (κ1) is 15.0. The maximum atomic E-state index is 13.4. The Morgan fingerprint density at radius 1 is 1.48 bits per heavy atom. The smallest absolute Gasteiger partial charge is 0.369 e. The summed E-state index contributed by atoms with van der Waals surface area (Å²) in [6.45, 7) is 1.41. The molecule has 3 rings (SSSR count). The molecule has 3 fully saturated rings. The van der Waals surface area contributed by atoms with Gasteiger partial charge in [-0.25, -0.2) is 4.39 Å². The SMILES string of the molecule is C/C(=C\C[C@H]1O[C@@H]1C1CC(=O)[C@H](F)C[C@]12CO2)C(F)(F)F. The predicted molar refractivity (Wildman–Crippen MR) is 64.4 cm³/mol. The van der Waals surface area contributed by atoms with Crippen LogP contribution in [0.5, 0.6) is 0 Å². The van der Waals surface area contributed by atoms with Gasteiger partial charge in [-0.15, -0.1) is 0 Å². The van der Waals surface area contributed by atoms with Crippen molar-refractivity contribution in [2.45, 2.75) is 56.3 Å². The van der Waals surface area contributed by atoms with Crippen LogP contribution in [0.4, 0.5) is 17.6 Å². The number of alkyl halides is 4. The lowest BCUT2D eigenvalue weighted by molar-refractivity contribution is -0.129. The zero-order valence-corrected chi connectivity index (χ0v) is 11.5. The van der Waals surface area contributed by atoms with Crippen LogP contribution in [0.25, 0.3) is 0 Å². The summed E-state index contributed by atoms with van der Waals surface area (Å²) in [5.74, 6) is -0.695. The zero-order chi connectivity index (χ0) is 15.4. The van der Waals surface area contributed by atoms with E-state index in [0.717, 1.165) is 13.0 Å². The Hall–Kier alpha value is -0.950. The Morgan fingerprint density at radius 3 is 2.71 bits per heavy atom. The van der Waals surface area contributed by atoms with Gasteiger partial charge in [-0.05, 0) is 13.3 Å². The topological polar surface area (TPSA) is 42.1 Å². The normalized spacial score (nSPS) is 43.3. The number of carbonyl (C=O) groups excluding carboxylic acids is 1. The Kier molecular flexibility index (Phi) is 3.40. The molecule has 21 heavy (non-hydrogen) atoms. The minimum atomic E-state index is -4.33. The highest BCUT2D eigenvalue weighted by molar-refractivity contribution is 5.84. The van der Waals surface area contributed by atoms with Crippen LogP contribution in [-0.2, 0) is 14.3 Å². The van der Waals surface area contributed by atoms with Crippen LogP contribution in [0.2, 0.25) is 0 Å². The van der Waals surface area contributed by atoms with Crippen molar-refractivity contribution in [1.82, 2.24) is 0 Å². The molecule has 0 N–H and O–H groups in total. The summed E-state index contributed by atoms with van der Waals surface area (Å²) in [6, 6.07) is 0. The summed E-state index contributed by atoms with van der Waals surface area (Å²) in [4.78, 5) is 11.5. The third-order valence-electron chi connectivity index (χ3n) is 4.61. The van der Waals surface area contributed by atoms with Gasteiger partial charge in [0, 0.05) is 24.3 Å². The van der Waals surface area contributed by atoms with E-state index in [1.165, 1.54) is 0 Å². The second-order valence-corrected chi connectivity index (χ2v) is 6.06. The number of epoxide rings is 2. The number of ketones is 1. The average molecular weight is 308 g/mol. The van der Waals surface area contributed by atoms with Gasteiger partial charge in [-0.3, -0.25) is 4.79 Å². The second-order valence-electron chi connectivity index (χ2n) is 6.06. The molecule has 3 nitrogen and oxygen atoms in total. The van der Waals surface area contributed by atoms with Crippen molar-refractivity contribution in [2.24, 2.45) is 5.92 Å². The van der Waals surface area contributed by atoms with Crippen LogP contribution in [0.3, 0.4) is 0 Å². The summed E-state index contributed by atoms with van der Waals surface area (Å²) in [6.07, 6.45) is -5.12. The average Bonchev–Trinajstić information content (AvgIpc) is 3.27. The molecule has 0 aromatic carbocycles. The number of rotatable bonds is 3. The number of carbonyl (C=O) groups is 1. The van der Waals surface area contributed by atoms with E-state index in [2.05, 4.69) is 0 Å². The minimum absolute atomic E-state index is 0.0422. The first-order chi connectivity index (χ1) is 9.73. The molecule has 0 aromatic rings. The number of hydrogen-bond donors (Lipinski definition) is 0. The van der Waals surface area contributed by atoms with Crippen molar-refractivity contribution >= 4 is 5.78 Å². The lowest BCUT2D eigenvalue weighted by Crippen LogP contribution is -2.42. The molecule has 1 saturated carbocycles. The fourth-order valence-corrected chi connectivity index (χ4v) is 3.05. The van der Waals surface area contributed by atoms with Gasteiger partial charge in [0.1, 0.15) is 5.60 Å². The zero-order valence-electron chi connectivity index (χ0n) is 11.5. The van der Waals surface area contributed by atoms with Crippen molar-refractivity contribution in [3.8, 4) is 0 Å². The van der Waals surface area contributed by atoms with Crippen molar-refractivity contribution < 1.29 is 31.8 Å². The molecular formula is C14H16F4O3. The van der Waals surface area contributed by atoms with Crippen LogP contribution in [0.1, 0.15) is 26.2 Å². The second kappa shape index (κ2) is 4.78. The number of Topliss-reactive ketones (excluding diaryl/α,β-unsaturated/α-hetero) is 1. The lowest BCUT2D eigenvalue weighted by atomic mass is 9.75. The molecule has 2 heterocycles. The third kappa shape index (κ3) is 2.85. The molecule has 2 aliphatic heterocycles. The number of halogens is 4. The van der Waals surface area contributed by atoms with Gasteiger partial charge >= 0.3 is 6.18 Å².